The van der Waals surface area contributed by atoms with E-state index < -0.39 is 5.24 Å². The Kier molecular flexibility index (Phi) is 2.72. The van der Waals surface area contributed by atoms with Gasteiger partial charge >= 0.3 is 0 Å². The molecule has 0 amide bonds. The SMILES string of the molecule is CC(C)c1ccc2c(ncn2C)c1C(=O)Cl. The summed E-state index contributed by atoms with van der Waals surface area (Å²) in [6.45, 7) is 4.07. The van der Waals surface area contributed by atoms with Crippen molar-refractivity contribution in [2.75, 3.05) is 0 Å². The fourth-order valence-corrected chi connectivity index (χ4v) is 2.10. The summed E-state index contributed by atoms with van der Waals surface area (Å²) < 4.78 is 1.88. The van der Waals surface area contributed by atoms with E-state index in [4.69, 9.17) is 11.6 Å². The summed E-state index contributed by atoms with van der Waals surface area (Å²) in [5.74, 6) is 0.254. The first-order chi connectivity index (χ1) is 7.52. The van der Waals surface area contributed by atoms with Gasteiger partial charge < -0.3 is 4.57 Å². The van der Waals surface area contributed by atoms with Crippen LogP contribution in [0.25, 0.3) is 11.0 Å². The van der Waals surface area contributed by atoms with E-state index >= 15 is 0 Å². The van der Waals surface area contributed by atoms with Crippen LogP contribution in [0.15, 0.2) is 18.5 Å². The molecule has 0 aliphatic rings. The van der Waals surface area contributed by atoms with E-state index in [0.29, 0.717) is 11.1 Å². The zero-order valence-corrected chi connectivity index (χ0v) is 10.2. The standard InChI is InChI=1S/C12H13ClN2O/c1-7(2)8-4-5-9-11(10(8)12(13)16)14-6-15(9)3/h4-7H,1-3H3. The maximum absolute atomic E-state index is 11.5. The first-order valence-corrected chi connectivity index (χ1v) is 5.54. The molecular weight excluding hydrogens is 224 g/mol. The van der Waals surface area contributed by atoms with Gasteiger partial charge in [-0.15, -0.1) is 0 Å². The Morgan fingerprint density at radius 3 is 2.69 bits per heavy atom. The van der Waals surface area contributed by atoms with Crippen molar-refractivity contribution >= 4 is 27.9 Å². The van der Waals surface area contributed by atoms with E-state index in [1.54, 1.807) is 6.33 Å². The highest BCUT2D eigenvalue weighted by molar-refractivity contribution is 6.68. The lowest BCUT2D eigenvalue weighted by Crippen LogP contribution is -2.01. The van der Waals surface area contributed by atoms with Crippen LogP contribution in [-0.2, 0) is 7.05 Å². The second-order valence-corrected chi connectivity index (χ2v) is 4.52. The van der Waals surface area contributed by atoms with Crippen molar-refractivity contribution in [3.63, 3.8) is 0 Å². The number of hydrogen-bond acceptors (Lipinski definition) is 2. The molecule has 2 rings (SSSR count). The average Bonchev–Trinajstić information content (AvgIpc) is 2.58. The third kappa shape index (κ3) is 1.61. The van der Waals surface area contributed by atoms with Gasteiger partial charge in [0.1, 0.15) is 5.52 Å². The summed E-state index contributed by atoms with van der Waals surface area (Å²) in [7, 11) is 1.90. The lowest BCUT2D eigenvalue weighted by atomic mass is 9.96. The van der Waals surface area contributed by atoms with Crippen LogP contribution < -0.4 is 0 Å². The molecule has 2 aromatic rings. The molecule has 0 fully saturated rings. The Hall–Kier alpha value is -1.35. The molecule has 0 N–H and O–H groups in total. The maximum Gasteiger partial charge on any atom is 0.254 e. The zero-order valence-electron chi connectivity index (χ0n) is 9.49. The van der Waals surface area contributed by atoms with Gasteiger partial charge in [-0.2, -0.15) is 0 Å². The summed E-state index contributed by atoms with van der Waals surface area (Å²) >= 11 is 5.65. The minimum absolute atomic E-state index is 0.254. The fourth-order valence-electron chi connectivity index (χ4n) is 1.91. The number of aryl methyl sites for hydroxylation is 1. The van der Waals surface area contributed by atoms with Crippen LogP contribution in [0, 0.1) is 0 Å². The summed E-state index contributed by atoms with van der Waals surface area (Å²) in [6.07, 6.45) is 1.69. The normalized spacial score (nSPS) is 11.3. The molecule has 4 heteroatoms. The molecule has 16 heavy (non-hydrogen) atoms. The van der Waals surface area contributed by atoms with Gasteiger partial charge in [0.15, 0.2) is 0 Å². The van der Waals surface area contributed by atoms with E-state index in [0.717, 1.165) is 11.1 Å². The molecule has 0 unspecified atom stereocenters. The molecular formula is C12H13ClN2O. The largest absolute Gasteiger partial charge is 0.334 e. The molecule has 1 aromatic carbocycles. The molecule has 0 aliphatic carbocycles. The van der Waals surface area contributed by atoms with Crippen molar-refractivity contribution in [1.82, 2.24) is 9.55 Å². The number of nitrogens with zero attached hydrogens (tertiary/aromatic N) is 2. The monoisotopic (exact) mass is 236 g/mol. The Morgan fingerprint density at radius 2 is 2.12 bits per heavy atom. The number of fused-ring (bicyclic) bond motifs is 1. The molecule has 0 radical (unpaired) electrons. The number of carbonyl (C=O) groups is 1. The molecule has 0 saturated heterocycles. The molecule has 0 saturated carbocycles. The number of hydrogen-bond donors (Lipinski definition) is 0. The maximum atomic E-state index is 11.5. The molecule has 1 heterocycles. The van der Waals surface area contributed by atoms with Crippen LogP contribution in [0.3, 0.4) is 0 Å². The van der Waals surface area contributed by atoms with Gasteiger partial charge in [-0.05, 0) is 29.1 Å². The summed E-state index contributed by atoms with van der Waals surface area (Å²) in [5, 5.41) is -0.437. The molecule has 0 spiro atoms. The Bertz CT molecular complexity index is 557. The van der Waals surface area contributed by atoms with Crippen molar-refractivity contribution in [1.29, 1.82) is 0 Å². The summed E-state index contributed by atoms with van der Waals surface area (Å²) in [6, 6.07) is 3.92. The first-order valence-electron chi connectivity index (χ1n) is 5.16. The van der Waals surface area contributed by atoms with Gasteiger partial charge in [0.25, 0.3) is 5.24 Å². The van der Waals surface area contributed by atoms with Gasteiger partial charge in [-0.3, -0.25) is 4.79 Å². The smallest absolute Gasteiger partial charge is 0.254 e. The van der Waals surface area contributed by atoms with Crippen LogP contribution in [0.4, 0.5) is 0 Å². The highest BCUT2D eigenvalue weighted by Crippen LogP contribution is 2.27. The Labute approximate surface area is 99.0 Å². The molecule has 0 atom stereocenters. The number of halogens is 1. The van der Waals surface area contributed by atoms with Crippen LogP contribution >= 0.6 is 11.6 Å². The Morgan fingerprint density at radius 1 is 1.44 bits per heavy atom. The van der Waals surface area contributed by atoms with Gasteiger partial charge in [0, 0.05) is 7.05 Å². The van der Waals surface area contributed by atoms with E-state index in [2.05, 4.69) is 4.98 Å². The number of imidazole rings is 1. The number of benzene rings is 1. The van der Waals surface area contributed by atoms with Crippen LogP contribution in [0.2, 0.25) is 0 Å². The van der Waals surface area contributed by atoms with E-state index in [1.165, 1.54) is 0 Å². The minimum atomic E-state index is -0.437. The van der Waals surface area contributed by atoms with E-state index in [-0.39, 0.29) is 5.92 Å². The third-order valence-electron chi connectivity index (χ3n) is 2.75. The van der Waals surface area contributed by atoms with E-state index in [9.17, 15) is 4.79 Å². The second kappa shape index (κ2) is 3.91. The van der Waals surface area contributed by atoms with Crippen LogP contribution in [0.5, 0.6) is 0 Å². The number of rotatable bonds is 2. The fraction of sp³-hybridized carbons (Fsp3) is 0.333. The molecule has 3 nitrogen and oxygen atoms in total. The lowest BCUT2D eigenvalue weighted by Gasteiger charge is -2.10. The number of aromatic nitrogens is 2. The molecule has 1 aromatic heterocycles. The second-order valence-electron chi connectivity index (χ2n) is 4.18. The van der Waals surface area contributed by atoms with E-state index in [1.807, 2.05) is 37.6 Å². The average molecular weight is 237 g/mol. The van der Waals surface area contributed by atoms with Gasteiger partial charge in [-0.25, -0.2) is 4.98 Å². The number of carbonyl (C=O) groups excluding carboxylic acids is 1. The van der Waals surface area contributed by atoms with Gasteiger partial charge in [-0.1, -0.05) is 19.9 Å². The Balaban J connectivity index is 2.85. The van der Waals surface area contributed by atoms with Crippen LogP contribution in [-0.4, -0.2) is 14.8 Å². The zero-order chi connectivity index (χ0) is 11.9. The quantitative estimate of drug-likeness (QED) is 0.751. The highest BCUT2D eigenvalue weighted by Gasteiger charge is 2.17. The first kappa shape index (κ1) is 11.1. The topological polar surface area (TPSA) is 34.9 Å². The van der Waals surface area contributed by atoms with Crippen molar-refractivity contribution in [2.24, 2.45) is 7.05 Å². The molecule has 0 aliphatic heterocycles. The van der Waals surface area contributed by atoms with Crippen molar-refractivity contribution in [3.05, 3.63) is 29.6 Å². The van der Waals surface area contributed by atoms with Crippen molar-refractivity contribution < 1.29 is 4.79 Å². The third-order valence-corrected chi connectivity index (χ3v) is 2.94. The van der Waals surface area contributed by atoms with Gasteiger partial charge in [0.2, 0.25) is 0 Å². The van der Waals surface area contributed by atoms with Crippen LogP contribution in [0.1, 0.15) is 35.7 Å². The molecule has 84 valence electrons. The minimum Gasteiger partial charge on any atom is -0.334 e. The summed E-state index contributed by atoms with van der Waals surface area (Å²) in [5.41, 5.74) is 3.10. The van der Waals surface area contributed by atoms with Crippen molar-refractivity contribution in [3.8, 4) is 0 Å². The van der Waals surface area contributed by atoms with Crippen molar-refractivity contribution in [2.45, 2.75) is 19.8 Å². The van der Waals surface area contributed by atoms with Gasteiger partial charge in [0.05, 0.1) is 17.4 Å². The molecule has 0 bridgehead atoms. The lowest BCUT2D eigenvalue weighted by molar-refractivity contribution is 0.108. The predicted molar refractivity (Wildman–Crippen MR) is 65.0 cm³/mol. The predicted octanol–water partition coefficient (Wildman–Crippen LogP) is 3.08. The highest BCUT2D eigenvalue weighted by atomic mass is 35.5. The summed E-state index contributed by atoms with van der Waals surface area (Å²) in [4.78, 5) is 15.8.